The Morgan fingerprint density at radius 2 is 0.958 bits per heavy atom. The Morgan fingerprint density at radius 3 is 1.42 bits per heavy atom. The van der Waals surface area contributed by atoms with Gasteiger partial charge in [-0.25, -0.2) is 24.0 Å². The van der Waals surface area contributed by atoms with Gasteiger partial charge in [0.15, 0.2) is 12.1 Å². The maximum absolute atomic E-state index is 15.1. The number of amides is 13. The van der Waals surface area contributed by atoms with E-state index < -0.39 is 294 Å². The lowest BCUT2D eigenvalue weighted by Crippen LogP contribution is -2.62. The van der Waals surface area contributed by atoms with E-state index in [1.54, 1.807) is 0 Å². The quantitative estimate of drug-likeness (QED) is 0.00715. The molecule has 1 heterocycles. The standard InChI is InChI=1S/C72H116ClN13O32/c1-11-13-14-15-16-17-18-19-20-23-42(88)30-51(91)78-48-34-112-69(107)54(49(89)32-73)85-64(101)55(56(93)65(102)103)86-57(94)43(12-2)79-63(100)53(41(9)87)84-60(97)46(26-29-76-72(110)118-37-115-68(106)40(7)8)81-58(95)44(24-21-22-27-74-70(108)116-35-113-66(104)38(3)4)80-61(98)47(31-50(90)77-33-52(92)111-10)83-59(96)45(82-62(48)99)25-28-75-71(109)117-36-114-67(105)39(5)6/h12,38-42,44-49,53-56,87-89,93H,11,13-37H2,1-10H3,(H,74,108)(H,75,109)(H,76,110)(H,77,90)(H,78,91)(H,79,100)(H,80,98)(H,81,95)(H,82,99)(H,83,96)(H,84,97)(H,85,101)(H,86,94)(H,102,103)/b43-12+/t41-,42-,44-,45+,46-,47-,48-,49+,53-,54-,55-,56?/m0/s1. The van der Waals surface area contributed by atoms with Crippen LogP contribution < -0.4 is 69.1 Å². The van der Waals surface area contributed by atoms with Crippen molar-refractivity contribution in [3.05, 3.63) is 11.8 Å². The summed E-state index contributed by atoms with van der Waals surface area (Å²) in [6, 6.07) is -18.1. The molecule has 1 aliphatic rings. The normalized spacial score (nSPS) is 20.4. The summed E-state index contributed by atoms with van der Waals surface area (Å²) in [4.78, 5) is 258. The van der Waals surface area contributed by atoms with Gasteiger partial charge in [-0.05, 0) is 52.4 Å². The first kappa shape index (κ1) is 105. The first-order valence-corrected chi connectivity index (χ1v) is 38.9. The van der Waals surface area contributed by atoms with E-state index in [2.05, 4.69) is 64.8 Å². The van der Waals surface area contributed by atoms with Gasteiger partial charge in [0, 0.05) is 19.6 Å². The number of rotatable bonds is 42. The smallest absolute Gasteiger partial charge is 0.410 e. The molecule has 0 aromatic carbocycles. The lowest BCUT2D eigenvalue weighted by molar-refractivity contribution is -0.156. The van der Waals surface area contributed by atoms with Gasteiger partial charge < -0.3 is 133 Å². The SMILES string of the molecule is C/C=C1/NC(=O)[C@H]([C@H](C)O)NC(=O)[C@H](CCNC(=O)OCOC(=O)C(C)C)NC(=O)[C@H](CCCCNC(=O)OCOC(=O)C(C)C)NC(=O)[C@H](CC(=O)NCC(=O)OC)NC(=O)[C@@H](CCNC(=O)OCOC(=O)C(C)C)NC(=O)[C@@H](NC(=O)C[C@@H](O)CCCCCCCCCCC)COC(=O)[C@H]([C@H](O)CCl)NC(=O)[C@H](C(O)C(=O)O)NC1=O. The topological polar surface area (TPSA) is 656 Å². The van der Waals surface area contributed by atoms with E-state index in [9.17, 15) is 107 Å². The number of alkyl halides is 1. The number of cyclic esters (lactones) is 1. The van der Waals surface area contributed by atoms with Crippen molar-refractivity contribution in [2.24, 2.45) is 17.8 Å². The Labute approximate surface area is 685 Å². The average Bonchev–Trinajstić information content (AvgIpc) is 0.840. The third-order valence-electron chi connectivity index (χ3n) is 17.0. The molecule has 118 heavy (non-hydrogen) atoms. The van der Waals surface area contributed by atoms with Crippen LogP contribution in [-0.4, -0.2) is 278 Å². The maximum Gasteiger partial charge on any atom is 0.410 e. The molecular formula is C72H116ClN13O32. The molecular weight excluding hydrogens is 1590 g/mol. The van der Waals surface area contributed by atoms with E-state index in [-0.39, 0.29) is 25.8 Å². The van der Waals surface area contributed by atoms with Gasteiger partial charge in [-0.15, -0.1) is 11.6 Å². The van der Waals surface area contributed by atoms with Gasteiger partial charge >= 0.3 is 54.1 Å². The number of ether oxygens (including phenoxy) is 8. The van der Waals surface area contributed by atoms with Crippen molar-refractivity contribution in [3.8, 4) is 0 Å². The summed E-state index contributed by atoms with van der Waals surface area (Å²) in [5, 5.41) is 82.4. The highest BCUT2D eigenvalue weighted by atomic mass is 35.5. The van der Waals surface area contributed by atoms with Crippen LogP contribution in [0.1, 0.15) is 171 Å². The molecule has 46 heteroatoms. The molecule has 13 amide bonds. The van der Waals surface area contributed by atoms with Crippen LogP contribution in [0.5, 0.6) is 0 Å². The first-order chi connectivity index (χ1) is 55.7. The number of carboxylic acids is 1. The summed E-state index contributed by atoms with van der Waals surface area (Å²) >= 11 is 5.96. The van der Waals surface area contributed by atoms with E-state index >= 15 is 9.59 Å². The van der Waals surface area contributed by atoms with Crippen LogP contribution in [-0.2, 0) is 115 Å². The summed E-state index contributed by atoms with van der Waals surface area (Å²) in [7, 11) is 0.951. The molecule has 0 aromatic heterocycles. The largest absolute Gasteiger partial charge is 0.479 e. The van der Waals surface area contributed by atoms with E-state index in [4.69, 9.17) is 44.8 Å². The predicted octanol–water partition coefficient (Wildman–Crippen LogP) is -3.18. The molecule has 0 radical (unpaired) electrons. The number of aliphatic carboxylic acids is 1. The molecule has 1 unspecified atom stereocenters. The highest BCUT2D eigenvalue weighted by Crippen LogP contribution is 2.15. The lowest BCUT2D eigenvalue weighted by Gasteiger charge is -2.29. The van der Waals surface area contributed by atoms with Crippen molar-refractivity contribution < 1.29 is 155 Å². The minimum absolute atomic E-state index is 0.0602. The summed E-state index contributed by atoms with van der Waals surface area (Å²) in [5.41, 5.74) is -0.921. The van der Waals surface area contributed by atoms with Crippen molar-refractivity contribution in [2.45, 2.75) is 244 Å². The first-order valence-electron chi connectivity index (χ1n) is 38.3. The number of aliphatic hydroxyl groups is 4. The Bertz CT molecular complexity index is 3380. The number of hydrogen-bond acceptors (Lipinski definition) is 31. The van der Waals surface area contributed by atoms with Crippen LogP contribution in [0.3, 0.4) is 0 Å². The second-order valence-corrected chi connectivity index (χ2v) is 28.1. The van der Waals surface area contributed by atoms with Crippen LogP contribution in [0.25, 0.3) is 0 Å². The molecule has 1 aliphatic heterocycles. The number of nitrogens with one attached hydrogen (secondary N) is 13. The number of allylic oxidation sites excluding steroid dienone is 1. The van der Waals surface area contributed by atoms with Crippen molar-refractivity contribution in [2.75, 3.05) is 66.2 Å². The number of methoxy groups -OCH3 is 1. The number of halogens is 1. The Hall–Kier alpha value is -10.8. The molecule has 0 saturated carbocycles. The molecule has 0 aliphatic carbocycles. The van der Waals surface area contributed by atoms with Crippen LogP contribution >= 0.6 is 11.6 Å². The van der Waals surface area contributed by atoms with E-state index in [0.29, 0.717) is 12.8 Å². The van der Waals surface area contributed by atoms with Crippen LogP contribution in [0, 0.1) is 17.8 Å². The molecule has 12 atom stereocenters. The number of esters is 5. The summed E-state index contributed by atoms with van der Waals surface area (Å²) in [6.45, 7) is 6.49. The molecule has 18 N–H and O–H groups in total. The second kappa shape index (κ2) is 58.1. The third kappa shape index (κ3) is 43.4. The Kier molecular flexibility index (Phi) is 51.8. The molecule has 1 saturated heterocycles. The second-order valence-electron chi connectivity index (χ2n) is 27.7. The number of hydrogen-bond donors (Lipinski definition) is 18. The Morgan fingerprint density at radius 1 is 0.508 bits per heavy atom. The van der Waals surface area contributed by atoms with Crippen molar-refractivity contribution in [3.63, 3.8) is 0 Å². The number of aliphatic hydroxyl groups excluding tert-OH is 4. The number of carboxylic acid groups (broad SMARTS) is 1. The molecule has 0 spiro atoms. The van der Waals surface area contributed by atoms with Crippen molar-refractivity contribution >= 4 is 125 Å². The monoisotopic (exact) mass is 1710 g/mol. The number of carbonyl (C=O) groups is 19. The van der Waals surface area contributed by atoms with Gasteiger partial charge in [-0.2, -0.15) is 0 Å². The fourth-order valence-corrected chi connectivity index (χ4v) is 10.3. The predicted molar refractivity (Wildman–Crippen MR) is 406 cm³/mol. The molecule has 668 valence electrons. The van der Waals surface area contributed by atoms with Crippen molar-refractivity contribution in [1.82, 2.24) is 69.1 Å². The number of unbranched alkanes of at least 4 members (excludes halogenated alkanes) is 9. The zero-order valence-electron chi connectivity index (χ0n) is 67.8. The molecule has 0 bridgehead atoms. The number of carbonyl (C=O) groups excluding carboxylic acids is 18. The zero-order chi connectivity index (χ0) is 89.1. The van der Waals surface area contributed by atoms with Gasteiger partial charge in [0.1, 0.15) is 61.1 Å². The zero-order valence-corrected chi connectivity index (χ0v) is 68.5. The van der Waals surface area contributed by atoms with Gasteiger partial charge in [-0.1, -0.05) is 112 Å². The highest BCUT2D eigenvalue weighted by Gasteiger charge is 2.41. The molecule has 1 fully saturated rings. The number of alkyl carbamates (subject to hydrolysis) is 3. The van der Waals surface area contributed by atoms with Crippen LogP contribution in [0.4, 0.5) is 14.4 Å². The lowest BCUT2D eigenvalue weighted by atomic mass is 10.0. The minimum Gasteiger partial charge on any atom is -0.479 e. The average molecular weight is 1710 g/mol. The summed E-state index contributed by atoms with van der Waals surface area (Å²) < 4.78 is 39.2. The third-order valence-corrected chi connectivity index (χ3v) is 17.3. The van der Waals surface area contributed by atoms with E-state index in [0.717, 1.165) is 72.0 Å². The molecule has 0 aromatic rings. The van der Waals surface area contributed by atoms with E-state index in [1.165, 1.54) is 41.5 Å². The van der Waals surface area contributed by atoms with Crippen molar-refractivity contribution in [1.29, 1.82) is 0 Å². The van der Waals surface area contributed by atoms with Gasteiger partial charge in [0.05, 0.1) is 61.9 Å². The van der Waals surface area contributed by atoms with Crippen LogP contribution in [0.15, 0.2) is 11.8 Å². The Balaban J connectivity index is 4.58. The van der Waals surface area contributed by atoms with Gasteiger partial charge in [0.25, 0.3) is 5.91 Å². The highest BCUT2D eigenvalue weighted by molar-refractivity contribution is 6.18. The molecule has 1 rings (SSSR count). The fraction of sp³-hybridized carbons (Fsp3) is 0.708. The van der Waals surface area contributed by atoms with Gasteiger partial charge in [-0.3, -0.25) is 67.1 Å². The van der Waals surface area contributed by atoms with Crippen LogP contribution in [0.2, 0.25) is 0 Å². The molecule has 45 nitrogen and oxygen atoms in total. The summed E-state index contributed by atoms with van der Waals surface area (Å²) in [6.07, 6.45) is -7.66. The van der Waals surface area contributed by atoms with Gasteiger partial charge in [0.2, 0.25) is 73.5 Å². The maximum atomic E-state index is 15.1. The van der Waals surface area contributed by atoms with E-state index in [1.807, 2.05) is 16.0 Å². The minimum atomic E-state index is -2.97. The summed E-state index contributed by atoms with van der Waals surface area (Å²) in [5.74, 6) is -24.7. The fourth-order valence-electron chi connectivity index (χ4n) is 10.1.